The Balaban J connectivity index is 1.43. The molecule has 3 aromatic carbocycles. The third kappa shape index (κ3) is 5.18. The van der Waals surface area contributed by atoms with Crippen LogP contribution in [0.1, 0.15) is 17.3 Å². The predicted octanol–water partition coefficient (Wildman–Crippen LogP) is 5.56. The average Bonchev–Trinajstić information content (AvgIpc) is 3.31. The van der Waals surface area contributed by atoms with Crippen LogP contribution in [-0.2, 0) is 4.79 Å². The molecule has 0 aliphatic rings. The van der Waals surface area contributed by atoms with Crippen LogP contribution >= 0.6 is 11.8 Å². The number of benzene rings is 3. The first-order valence-corrected chi connectivity index (χ1v) is 11.5. The summed E-state index contributed by atoms with van der Waals surface area (Å²) in [7, 11) is 3.01. The molecule has 0 bridgehead atoms. The summed E-state index contributed by atoms with van der Waals surface area (Å²) in [4.78, 5) is 29.7. The smallest absolute Gasteiger partial charge is 0.263 e. The summed E-state index contributed by atoms with van der Waals surface area (Å²) >= 11 is 1.41. The van der Waals surface area contributed by atoms with Gasteiger partial charge in [-0.1, -0.05) is 18.2 Å². The highest BCUT2D eigenvalue weighted by Crippen LogP contribution is 2.31. The van der Waals surface area contributed by atoms with Crippen molar-refractivity contribution in [2.24, 2.45) is 0 Å². The van der Waals surface area contributed by atoms with Crippen LogP contribution in [0.3, 0.4) is 0 Å². The van der Waals surface area contributed by atoms with Gasteiger partial charge in [-0.2, -0.15) is 0 Å². The van der Waals surface area contributed by atoms with Crippen molar-refractivity contribution in [2.75, 3.05) is 24.9 Å². The average molecular weight is 476 g/mol. The fourth-order valence-corrected chi connectivity index (χ4v) is 4.47. The summed E-state index contributed by atoms with van der Waals surface area (Å²) in [6, 6.07) is 20.3. The van der Waals surface area contributed by atoms with Crippen LogP contribution in [0.4, 0.5) is 11.4 Å². The van der Waals surface area contributed by atoms with Gasteiger partial charge in [-0.05, 0) is 60.8 Å². The van der Waals surface area contributed by atoms with Crippen molar-refractivity contribution in [1.82, 2.24) is 4.98 Å². The first-order chi connectivity index (χ1) is 16.5. The van der Waals surface area contributed by atoms with E-state index in [0.717, 1.165) is 21.5 Å². The topological polar surface area (TPSA) is 92.4 Å². The molecule has 7 nitrogen and oxygen atoms in total. The largest absolute Gasteiger partial charge is 0.496 e. The fraction of sp³-hybridized carbons (Fsp3) is 0.154. The number of ether oxygens (including phenoxy) is 2. The van der Waals surface area contributed by atoms with Crippen molar-refractivity contribution in [3.05, 3.63) is 78.5 Å². The highest BCUT2D eigenvalue weighted by atomic mass is 32.2. The zero-order valence-electron chi connectivity index (χ0n) is 19.0. The van der Waals surface area contributed by atoms with Gasteiger partial charge in [0, 0.05) is 28.0 Å². The van der Waals surface area contributed by atoms with Gasteiger partial charge in [-0.15, -0.1) is 11.8 Å². The lowest BCUT2D eigenvalue weighted by molar-refractivity contribution is -0.115. The van der Waals surface area contributed by atoms with Gasteiger partial charge in [0.1, 0.15) is 17.1 Å². The minimum atomic E-state index is -0.348. The number of amides is 2. The van der Waals surface area contributed by atoms with Gasteiger partial charge in [0.15, 0.2) is 0 Å². The molecular weight excluding hydrogens is 450 g/mol. The number of H-pyrrole nitrogens is 1. The maximum absolute atomic E-state index is 12.9. The van der Waals surface area contributed by atoms with E-state index in [-0.39, 0.29) is 17.1 Å². The third-order valence-electron chi connectivity index (χ3n) is 5.25. The van der Waals surface area contributed by atoms with E-state index in [1.807, 2.05) is 55.6 Å². The van der Waals surface area contributed by atoms with E-state index in [1.165, 1.54) is 26.0 Å². The van der Waals surface area contributed by atoms with Gasteiger partial charge < -0.3 is 25.1 Å². The molecule has 1 aromatic heterocycles. The Morgan fingerprint density at radius 2 is 1.59 bits per heavy atom. The van der Waals surface area contributed by atoms with Gasteiger partial charge in [0.2, 0.25) is 5.91 Å². The molecule has 4 rings (SSSR count). The number of thioether (sulfide) groups is 1. The maximum Gasteiger partial charge on any atom is 0.263 e. The molecule has 0 aliphatic heterocycles. The lowest BCUT2D eigenvalue weighted by Crippen LogP contribution is -2.22. The Morgan fingerprint density at radius 3 is 2.32 bits per heavy atom. The van der Waals surface area contributed by atoms with Gasteiger partial charge in [0.05, 0.1) is 19.5 Å². The van der Waals surface area contributed by atoms with Gasteiger partial charge in [-0.3, -0.25) is 9.59 Å². The summed E-state index contributed by atoms with van der Waals surface area (Å²) in [6.45, 7) is 1.85. The van der Waals surface area contributed by atoms with E-state index in [4.69, 9.17) is 9.47 Å². The number of anilines is 2. The summed E-state index contributed by atoms with van der Waals surface area (Å²) in [5, 5.41) is 6.59. The van der Waals surface area contributed by atoms with E-state index in [0.29, 0.717) is 22.7 Å². The Morgan fingerprint density at radius 1 is 0.882 bits per heavy atom. The monoisotopic (exact) mass is 475 g/mol. The standard InChI is InChI=1S/C26H25N3O4S/c1-16(25(30)28-19-11-10-17-12-13-27-21(17)15-19)34-20-7-4-6-18(14-20)29-26(31)24-22(32-2)8-5-9-23(24)33-3/h4-16,27H,1-3H3,(H,28,30)(H,29,31). The van der Waals surface area contributed by atoms with E-state index < -0.39 is 0 Å². The number of aromatic nitrogens is 1. The number of aromatic amines is 1. The summed E-state index contributed by atoms with van der Waals surface area (Å²) in [5.74, 6) is 0.390. The minimum Gasteiger partial charge on any atom is -0.496 e. The molecule has 1 atom stereocenters. The maximum atomic E-state index is 12.9. The molecule has 0 spiro atoms. The Bertz CT molecular complexity index is 1310. The lowest BCUT2D eigenvalue weighted by atomic mass is 10.1. The van der Waals surface area contributed by atoms with Crippen molar-refractivity contribution >= 4 is 45.9 Å². The van der Waals surface area contributed by atoms with Gasteiger partial charge in [-0.25, -0.2) is 0 Å². The van der Waals surface area contributed by atoms with Crippen molar-refractivity contribution < 1.29 is 19.1 Å². The first-order valence-electron chi connectivity index (χ1n) is 10.7. The van der Waals surface area contributed by atoms with E-state index >= 15 is 0 Å². The van der Waals surface area contributed by atoms with E-state index in [9.17, 15) is 9.59 Å². The molecule has 0 fully saturated rings. The van der Waals surface area contributed by atoms with E-state index in [2.05, 4.69) is 15.6 Å². The number of hydrogen-bond acceptors (Lipinski definition) is 5. The van der Waals surface area contributed by atoms with Gasteiger partial charge >= 0.3 is 0 Å². The van der Waals surface area contributed by atoms with Crippen LogP contribution < -0.4 is 20.1 Å². The molecule has 4 aromatic rings. The molecule has 0 saturated heterocycles. The van der Waals surface area contributed by atoms with E-state index in [1.54, 1.807) is 24.3 Å². The van der Waals surface area contributed by atoms with Crippen molar-refractivity contribution in [2.45, 2.75) is 17.1 Å². The highest BCUT2D eigenvalue weighted by Gasteiger charge is 2.19. The quantitative estimate of drug-likeness (QED) is 0.290. The molecule has 1 heterocycles. The predicted molar refractivity (Wildman–Crippen MR) is 136 cm³/mol. The van der Waals surface area contributed by atoms with Crippen molar-refractivity contribution in [3.63, 3.8) is 0 Å². The number of methoxy groups -OCH3 is 2. The van der Waals surface area contributed by atoms with Crippen LogP contribution in [0.5, 0.6) is 11.5 Å². The number of fused-ring (bicyclic) bond motifs is 1. The van der Waals surface area contributed by atoms with Crippen molar-refractivity contribution in [1.29, 1.82) is 0 Å². The second-order valence-electron chi connectivity index (χ2n) is 7.55. The minimum absolute atomic E-state index is 0.107. The third-order valence-corrected chi connectivity index (χ3v) is 6.35. The molecule has 174 valence electrons. The van der Waals surface area contributed by atoms with Gasteiger partial charge in [0.25, 0.3) is 5.91 Å². The Labute approximate surface area is 201 Å². The molecule has 3 N–H and O–H groups in total. The summed E-state index contributed by atoms with van der Waals surface area (Å²) < 4.78 is 10.7. The van der Waals surface area contributed by atoms with Crippen LogP contribution in [0.2, 0.25) is 0 Å². The molecule has 0 saturated carbocycles. The SMILES string of the molecule is COc1cccc(OC)c1C(=O)Nc1cccc(SC(C)C(=O)Nc2ccc3cc[nH]c3c2)c1. The zero-order valence-corrected chi connectivity index (χ0v) is 19.9. The summed E-state index contributed by atoms with van der Waals surface area (Å²) in [6.07, 6.45) is 1.87. The van der Waals surface area contributed by atoms with Crippen LogP contribution in [0, 0.1) is 0 Å². The highest BCUT2D eigenvalue weighted by molar-refractivity contribution is 8.00. The number of rotatable bonds is 8. The van der Waals surface area contributed by atoms with Crippen molar-refractivity contribution in [3.8, 4) is 11.5 Å². The molecule has 0 radical (unpaired) electrons. The Kier molecular flexibility index (Phi) is 7.08. The number of nitrogens with one attached hydrogen (secondary N) is 3. The lowest BCUT2D eigenvalue weighted by Gasteiger charge is -2.15. The molecule has 1 unspecified atom stereocenters. The van der Waals surface area contributed by atoms with Crippen LogP contribution in [-0.4, -0.2) is 36.3 Å². The normalized spacial score (nSPS) is 11.6. The second-order valence-corrected chi connectivity index (χ2v) is 8.96. The Hall–Kier alpha value is -3.91. The number of hydrogen-bond donors (Lipinski definition) is 3. The zero-order chi connectivity index (χ0) is 24.1. The molecule has 2 amide bonds. The molecular formula is C26H25N3O4S. The molecule has 8 heteroatoms. The second kappa shape index (κ2) is 10.4. The van der Waals surface area contributed by atoms with Crippen LogP contribution in [0.25, 0.3) is 10.9 Å². The summed E-state index contributed by atoms with van der Waals surface area (Å²) in [5.41, 5.74) is 2.62. The van der Waals surface area contributed by atoms with Crippen LogP contribution in [0.15, 0.2) is 77.8 Å². The number of carbonyl (C=O) groups is 2. The number of carbonyl (C=O) groups excluding carboxylic acids is 2. The fourth-order valence-electron chi connectivity index (χ4n) is 3.54. The molecule has 0 aliphatic carbocycles. The first kappa shape index (κ1) is 23.3. The molecule has 34 heavy (non-hydrogen) atoms.